The van der Waals surface area contributed by atoms with Gasteiger partial charge in [-0.25, -0.2) is 0 Å². The molecule has 1 aliphatic rings. The monoisotopic (exact) mass is 232 g/mol. The highest BCUT2D eigenvalue weighted by Gasteiger charge is 2.37. The molecule has 1 aliphatic heterocycles. The lowest BCUT2D eigenvalue weighted by molar-refractivity contribution is -0.148. The van der Waals surface area contributed by atoms with E-state index in [9.17, 15) is 9.59 Å². The Hall–Kier alpha value is -0.770. The highest BCUT2D eigenvalue weighted by Crippen LogP contribution is 2.22. The summed E-state index contributed by atoms with van der Waals surface area (Å²) in [5.41, 5.74) is -0.604. The van der Waals surface area contributed by atoms with Crippen LogP contribution in [0.1, 0.15) is 20.8 Å². The number of nitrogens with one attached hydrogen (secondary N) is 1. The van der Waals surface area contributed by atoms with Crippen molar-refractivity contribution in [3.8, 4) is 0 Å². The molecule has 0 spiro atoms. The quantitative estimate of drug-likeness (QED) is 0.709. The highest BCUT2D eigenvalue weighted by molar-refractivity contribution is 6.19. The van der Waals surface area contributed by atoms with Crippen LogP contribution in [-0.4, -0.2) is 41.7 Å². The van der Waals surface area contributed by atoms with E-state index in [-0.39, 0.29) is 17.7 Å². The predicted octanol–water partition coefficient (Wildman–Crippen LogP) is 0.598. The zero-order valence-electron chi connectivity index (χ0n) is 9.34. The van der Waals surface area contributed by atoms with Gasteiger partial charge in [0.1, 0.15) is 6.04 Å². The molecule has 5 heteroatoms. The fraction of sp³-hybridized carbons (Fsp3) is 0.800. The number of nitrogens with zero attached hydrogens (tertiary/aromatic N) is 1. The Morgan fingerprint density at radius 2 is 2.27 bits per heavy atom. The lowest BCUT2D eigenvalue weighted by atomic mass is 9.93. The number of amides is 2. The second-order valence-electron chi connectivity index (χ2n) is 4.48. The Kier molecular flexibility index (Phi) is 3.60. The molecule has 0 aromatic heterocycles. The number of hydrogen-bond donors (Lipinski definition) is 1. The van der Waals surface area contributed by atoms with Crippen molar-refractivity contribution in [1.29, 1.82) is 0 Å². The van der Waals surface area contributed by atoms with E-state index in [1.807, 2.05) is 0 Å². The second kappa shape index (κ2) is 4.39. The number of alkyl halides is 1. The molecule has 1 saturated heterocycles. The number of carbonyl (C=O) groups excluding carboxylic acids is 2. The highest BCUT2D eigenvalue weighted by atomic mass is 35.5. The molecule has 1 atom stereocenters. The summed E-state index contributed by atoms with van der Waals surface area (Å²) in [6.07, 6.45) is 0. The van der Waals surface area contributed by atoms with Crippen molar-refractivity contribution in [2.75, 3.05) is 19.0 Å². The Balaban J connectivity index is 2.79. The number of hydrogen-bond acceptors (Lipinski definition) is 2. The van der Waals surface area contributed by atoms with E-state index in [1.54, 1.807) is 25.7 Å². The molecule has 0 bridgehead atoms. The maximum Gasteiger partial charge on any atom is 0.242 e. The Labute approximate surface area is 95.0 Å². The Bertz CT molecular complexity index is 279. The van der Waals surface area contributed by atoms with E-state index in [1.165, 1.54) is 0 Å². The van der Waals surface area contributed by atoms with E-state index < -0.39 is 11.5 Å². The summed E-state index contributed by atoms with van der Waals surface area (Å²) >= 11 is 5.74. The average molecular weight is 233 g/mol. The molecule has 1 rings (SSSR count). The van der Waals surface area contributed by atoms with Gasteiger partial charge in [-0.05, 0) is 20.8 Å². The SMILES string of the molecule is CC1C(=O)NCCN1C(=O)C(C)(C)CCl. The summed E-state index contributed by atoms with van der Waals surface area (Å²) in [6, 6.07) is -0.395. The topological polar surface area (TPSA) is 49.4 Å². The van der Waals surface area contributed by atoms with Gasteiger partial charge in [-0.2, -0.15) is 0 Å². The Morgan fingerprint density at radius 3 is 2.80 bits per heavy atom. The number of carbonyl (C=O) groups is 2. The van der Waals surface area contributed by atoms with Crippen LogP contribution >= 0.6 is 11.6 Å². The van der Waals surface area contributed by atoms with Crippen molar-refractivity contribution in [1.82, 2.24) is 10.2 Å². The number of rotatable bonds is 2. The predicted molar refractivity (Wildman–Crippen MR) is 58.7 cm³/mol. The largest absolute Gasteiger partial charge is 0.353 e. The smallest absolute Gasteiger partial charge is 0.242 e. The van der Waals surface area contributed by atoms with E-state index in [0.717, 1.165) is 0 Å². The minimum atomic E-state index is -0.604. The van der Waals surface area contributed by atoms with Gasteiger partial charge in [-0.15, -0.1) is 11.6 Å². The van der Waals surface area contributed by atoms with Crippen LogP contribution in [0.5, 0.6) is 0 Å². The van der Waals surface area contributed by atoms with E-state index in [4.69, 9.17) is 11.6 Å². The molecule has 1 unspecified atom stereocenters. The molecule has 0 aromatic carbocycles. The maximum atomic E-state index is 12.1. The van der Waals surface area contributed by atoms with Crippen LogP contribution in [0.4, 0.5) is 0 Å². The molecule has 0 radical (unpaired) electrons. The average Bonchev–Trinajstić information content (AvgIpc) is 2.21. The third kappa shape index (κ3) is 2.43. The first-order valence-corrected chi connectivity index (χ1v) is 5.58. The van der Waals surface area contributed by atoms with Gasteiger partial charge in [0, 0.05) is 19.0 Å². The summed E-state index contributed by atoms with van der Waals surface area (Å²) in [7, 11) is 0. The van der Waals surface area contributed by atoms with Gasteiger partial charge in [-0.3, -0.25) is 9.59 Å². The van der Waals surface area contributed by atoms with Crippen LogP contribution in [0, 0.1) is 5.41 Å². The lowest BCUT2D eigenvalue weighted by Crippen LogP contribution is -2.58. The van der Waals surface area contributed by atoms with Crippen molar-refractivity contribution in [3.05, 3.63) is 0 Å². The fourth-order valence-corrected chi connectivity index (χ4v) is 1.62. The first-order chi connectivity index (χ1) is 6.90. The molecule has 86 valence electrons. The number of halogens is 1. The van der Waals surface area contributed by atoms with Gasteiger partial charge >= 0.3 is 0 Å². The van der Waals surface area contributed by atoms with Crippen molar-refractivity contribution in [3.63, 3.8) is 0 Å². The Morgan fingerprint density at radius 1 is 1.67 bits per heavy atom. The molecular weight excluding hydrogens is 216 g/mol. The fourth-order valence-electron chi connectivity index (χ4n) is 1.51. The summed E-state index contributed by atoms with van der Waals surface area (Å²) in [6.45, 7) is 6.40. The normalized spacial score (nSPS) is 22.5. The van der Waals surface area contributed by atoms with Crippen molar-refractivity contribution in [2.45, 2.75) is 26.8 Å². The second-order valence-corrected chi connectivity index (χ2v) is 4.75. The molecule has 0 aromatic rings. The van der Waals surface area contributed by atoms with Gasteiger partial charge < -0.3 is 10.2 Å². The van der Waals surface area contributed by atoms with Gasteiger partial charge in [-0.1, -0.05) is 0 Å². The lowest BCUT2D eigenvalue weighted by Gasteiger charge is -2.37. The summed E-state index contributed by atoms with van der Waals surface area (Å²) in [4.78, 5) is 25.1. The van der Waals surface area contributed by atoms with Crippen LogP contribution in [0.25, 0.3) is 0 Å². The van der Waals surface area contributed by atoms with Gasteiger partial charge in [0.2, 0.25) is 11.8 Å². The van der Waals surface area contributed by atoms with Crippen LogP contribution in [0.2, 0.25) is 0 Å². The summed E-state index contributed by atoms with van der Waals surface area (Å²) in [5.74, 6) is 0.108. The summed E-state index contributed by atoms with van der Waals surface area (Å²) < 4.78 is 0. The molecule has 1 N–H and O–H groups in total. The van der Waals surface area contributed by atoms with Gasteiger partial charge in [0.05, 0.1) is 5.41 Å². The third-order valence-corrected chi connectivity index (χ3v) is 3.34. The van der Waals surface area contributed by atoms with E-state index in [0.29, 0.717) is 13.1 Å². The molecule has 1 fully saturated rings. The van der Waals surface area contributed by atoms with Gasteiger partial charge in [0.25, 0.3) is 0 Å². The third-order valence-electron chi connectivity index (χ3n) is 2.67. The molecule has 4 nitrogen and oxygen atoms in total. The van der Waals surface area contributed by atoms with Crippen LogP contribution in [0.15, 0.2) is 0 Å². The van der Waals surface area contributed by atoms with Crippen LogP contribution < -0.4 is 5.32 Å². The molecule has 1 heterocycles. The molecule has 0 aliphatic carbocycles. The van der Waals surface area contributed by atoms with E-state index >= 15 is 0 Å². The van der Waals surface area contributed by atoms with Crippen molar-refractivity contribution in [2.24, 2.45) is 5.41 Å². The first-order valence-electron chi connectivity index (χ1n) is 5.05. The minimum absolute atomic E-state index is 0.0557. The molecule has 15 heavy (non-hydrogen) atoms. The zero-order valence-corrected chi connectivity index (χ0v) is 10.1. The standard InChI is InChI=1S/C10H17ClN2O2/c1-7-8(14)12-4-5-13(7)9(15)10(2,3)6-11/h7H,4-6H2,1-3H3,(H,12,14). The molecule has 2 amide bonds. The maximum absolute atomic E-state index is 12.1. The minimum Gasteiger partial charge on any atom is -0.353 e. The number of piperazine rings is 1. The van der Waals surface area contributed by atoms with Crippen LogP contribution in [0.3, 0.4) is 0 Å². The van der Waals surface area contributed by atoms with E-state index in [2.05, 4.69) is 5.32 Å². The molecular formula is C10H17ClN2O2. The van der Waals surface area contributed by atoms with Crippen LogP contribution in [-0.2, 0) is 9.59 Å². The van der Waals surface area contributed by atoms with Crippen molar-refractivity contribution >= 4 is 23.4 Å². The molecule has 0 saturated carbocycles. The summed E-state index contributed by atoms with van der Waals surface area (Å²) in [5, 5.41) is 2.72. The van der Waals surface area contributed by atoms with Crippen molar-refractivity contribution < 1.29 is 9.59 Å². The van der Waals surface area contributed by atoms with Gasteiger partial charge in [0.15, 0.2) is 0 Å². The zero-order chi connectivity index (χ0) is 11.6. The first kappa shape index (κ1) is 12.3.